The Morgan fingerprint density at radius 3 is 2.50 bits per heavy atom. The van der Waals surface area contributed by atoms with Crippen molar-refractivity contribution in [3.05, 3.63) is 53.9 Å². The van der Waals surface area contributed by atoms with E-state index in [1.54, 1.807) is 12.3 Å². The minimum atomic E-state index is -0.798. The molecule has 0 unspecified atom stereocenters. The molecule has 0 aliphatic rings. The topological polar surface area (TPSA) is 48.1 Å². The molecule has 18 heavy (non-hydrogen) atoms. The molecule has 5 heteroatoms. The predicted molar refractivity (Wildman–Crippen MR) is 64.2 cm³/mol. The first-order valence-corrected chi connectivity index (χ1v) is 5.44. The molecule has 94 valence electrons. The smallest absolute Gasteiger partial charge is 0.190 e. The number of benzene rings is 1. The van der Waals surface area contributed by atoms with Crippen LogP contribution in [0.5, 0.6) is 5.75 Å². The molecule has 0 saturated carbocycles. The molecular formula is C13H12F2N2O. The predicted octanol–water partition coefficient (Wildman–Crippen LogP) is 2.56. The van der Waals surface area contributed by atoms with Crippen LogP contribution >= 0.6 is 0 Å². The fraction of sp³-hybridized carbons (Fsp3) is 0.154. The van der Waals surface area contributed by atoms with Crippen LogP contribution in [0.1, 0.15) is 5.69 Å². The second-order valence-corrected chi connectivity index (χ2v) is 3.73. The quantitative estimate of drug-likeness (QED) is 0.848. The highest BCUT2D eigenvalue weighted by Gasteiger charge is 2.11. The number of anilines is 1. The van der Waals surface area contributed by atoms with Crippen molar-refractivity contribution in [3.8, 4) is 5.75 Å². The van der Waals surface area contributed by atoms with E-state index in [2.05, 4.69) is 4.98 Å². The van der Waals surface area contributed by atoms with Crippen LogP contribution in [0.25, 0.3) is 0 Å². The lowest BCUT2D eigenvalue weighted by molar-refractivity contribution is 0.287. The van der Waals surface area contributed by atoms with Crippen molar-refractivity contribution in [1.29, 1.82) is 0 Å². The first-order chi connectivity index (χ1) is 8.66. The van der Waals surface area contributed by atoms with Crippen LogP contribution < -0.4 is 10.5 Å². The lowest BCUT2D eigenvalue weighted by atomic mass is 10.2. The van der Waals surface area contributed by atoms with Gasteiger partial charge in [-0.15, -0.1) is 0 Å². The number of ether oxygens (including phenoxy) is 1. The van der Waals surface area contributed by atoms with Gasteiger partial charge in [-0.3, -0.25) is 4.98 Å². The van der Waals surface area contributed by atoms with Crippen LogP contribution in [0.2, 0.25) is 0 Å². The van der Waals surface area contributed by atoms with Crippen molar-refractivity contribution in [2.24, 2.45) is 0 Å². The summed E-state index contributed by atoms with van der Waals surface area (Å²) in [6.45, 7) is 0.148. The number of nitrogens with two attached hydrogens (primary N) is 1. The van der Waals surface area contributed by atoms with Crippen molar-refractivity contribution in [2.45, 2.75) is 6.42 Å². The van der Waals surface area contributed by atoms with E-state index in [1.165, 1.54) is 0 Å². The van der Waals surface area contributed by atoms with Crippen LogP contribution in [-0.2, 0) is 6.42 Å². The average Bonchev–Trinajstić information content (AvgIpc) is 2.34. The third-order valence-electron chi connectivity index (χ3n) is 2.35. The van der Waals surface area contributed by atoms with E-state index in [0.717, 1.165) is 17.8 Å². The van der Waals surface area contributed by atoms with E-state index in [4.69, 9.17) is 10.5 Å². The monoisotopic (exact) mass is 250 g/mol. The lowest BCUT2D eigenvalue weighted by Gasteiger charge is -2.08. The van der Waals surface area contributed by atoms with E-state index in [1.807, 2.05) is 12.1 Å². The number of nitrogens with zero attached hydrogens (tertiary/aromatic N) is 1. The minimum Gasteiger partial charge on any atom is -0.487 e. The van der Waals surface area contributed by atoms with Gasteiger partial charge in [-0.05, 0) is 12.1 Å². The number of hydrogen-bond acceptors (Lipinski definition) is 3. The molecule has 2 rings (SSSR count). The SMILES string of the molecule is Nc1cc(F)c(OCCc2ccccn2)c(F)c1. The number of nitrogen functional groups attached to an aromatic ring is 1. The fourth-order valence-corrected chi connectivity index (χ4v) is 1.52. The molecule has 0 amide bonds. The molecule has 0 aliphatic heterocycles. The summed E-state index contributed by atoms with van der Waals surface area (Å²) in [5.74, 6) is -2.00. The molecule has 0 saturated heterocycles. The van der Waals surface area contributed by atoms with Crippen molar-refractivity contribution in [1.82, 2.24) is 4.98 Å². The first kappa shape index (κ1) is 12.3. The van der Waals surface area contributed by atoms with Gasteiger partial charge in [0.15, 0.2) is 17.4 Å². The molecular weight excluding hydrogens is 238 g/mol. The zero-order valence-corrected chi connectivity index (χ0v) is 9.57. The summed E-state index contributed by atoms with van der Waals surface area (Å²) in [5.41, 5.74) is 6.13. The Bertz CT molecular complexity index is 509. The van der Waals surface area contributed by atoms with Crippen molar-refractivity contribution < 1.29 is 13.5 Å². The van der Waals surface area contributed by atoms with Gasteiger partial charge >= 0.3 is 0 Å². The maximum absolute atomic E-state index is 13.4. The van der Waals surface area contributed by atoms with Gasteiger partial charge in [0.2, 0.25) is 0 Å². The Morgan fingerprint density at radius 1 is 1.17 bits per heavy atom. The summed E-state index contributed by atoms with van der Waals surface area (Å²) in [6.07, 6.45) is 2.13. The second kappa shape index (κ2) is 5.44. The Morgan fingerprint density at radius 2 is 1.89 bits per heavy atom. The van der Waals surface area contributed by atoms with Crippen LogP contribution in [0, 0.1) is 11.6 Å². The molecule has 2 aromatic rings. The molecule has 0 atom stereocenters. The Kier molecular flexibility index (Phi) is 3.72. The molecule has 2 N–H and O–H groups in total. The van der Waals surface area contributed by atoms with Gasteiger partial charge in [-0.25, -0.2) is 8.78 Å². The molecule has 0 aliphatic carbocycles. The highest BCUT2D eigenvalue weighted by Crippen LogP contribution is 2.24. The molecule has 0 fully saturated rings. The van der Waals surface area contributed by atoms with Gasteiger partial charge in [0.05, 0.1) is 6.61 Å². The highest BCUT2D eigenvalue weighted by molar-refractivity contribution is 5.44. The third kappa shape index (κ3) is 2.94. The molecule has 0 spiro atoms. The summed E-state index contributed by atoms with van der Waals surface area (Å²) < 4.78 is 31.8. The van der Waals surface area contributed by atoms with Gasteiger partial charge < -0.3 is 10.5 Å². The van der Waals surface area contributed by atoms with E-state index in [9.17, 15) is 8.78 Å². The van der Waals surface area contributed by atoms with Crippen LogP contribution in [0.3, 0.4) is 0 Å². The van der Waals surface area contributed by atoms with Gasteiger partial charge in [-0.1, -0.05) is 6.07 Å². The molecule has 1 aromatic heterocycles. The summed E-state index contributed by atoms with van der Waals surface area (Å²) in [5, 5.41) is 0. The standard InChI is InChI=1S/C13H12F2N2O/c14-11-7-9(16)8-12(15)13(11)18-6-4-10-3-1-2-5-17-10/h1-3,5,7-8H,4,6,16H2. The van der Waals surface area contributed by atoms with Gasteiger partial charge in [-0.2, -0.15) is 0 Å². The second-order valence-electron chi connectivity index (χ2n) is 3.73. The fourth-order valence-electron chi connectivity index (χ4n) is 1.52. The van der Waals surface area contributed by atoms with E-state index >= 15 is 0 Å². The number of rotatable bonds is 4. The average molecular weight is 250 g/mol. The van der Waals surface area contributed by atoms with Gasteiger partial charge in [0.1, 0.15) is 0 Å². The summed E-state index contributed by atoms with van der Waals surface area (Å²) in [4.78, 5) is 4.08. The normalized spacial score (nSPS) is 10.3. The van der Waals surface area contributed by atoms with Crippen LogP contribution in [-0.4, -0.2) is 11.6 Å². The summed E-state index contributed by atoms with van der Waals surface area (Å²) >= 11 is 0. The van der Waals surface area contributed by atoms with Crippen molar-refractivity contribution in [3.63, 3.8) is 0 Å². The third-order valence-corrected chi connectivity index (χ3v) is 2.35. The maximum Gasteiger partial charge on any atom is 0.190 e. The summed E-state index contributed by atoms with van der Waals surface area (Å²) in [6, 6.07) is 7.51. The van der Waals surface area contributed by atoms with E-state index in [0.29, 0.717) is 6.42 Å². The molecule has 3 nitrogen and oxygen atoms in total. The molecule has 0 bridgehead atoms. The molecule has 0 radical (unpaired) electrons. The number of pyridine rings is 1. The van der Waals surface area contributed by atoms with Gasteiger partial charge in [0.25, 0.3) is 0 Å². The van der Waals surface area contributed by atoms with Crippen molar-refractivity contribution >= 4 is 5.69 Å². The number of hydrogen-bond donors (Lipinski definition) is 1. The number of aromatic nitrogens is 1. The lowest BCUT2D eigenvalue weighted by Crippen LogP contribution is -2.06. The number of halogens is 2. The minimum absolute atomic E-state index is 0.0297. The molecule has 1 heterocycles. The molecule has 1 aromatic carbocycles. The van der Waals surface area contributed by atoms with Gasteiger partial charge in [0, 0.05) is 36.1 Å². The van der Waals surface area contributed by atoms with E-state index < -0.39 is 17.4 Å². The maximum atomic E-state index is 13.4. The Hall–Kier alpha value is -2.17. The van der Waals surface area contributed by atoms with Crippen LogP contribution in [0.15, 0.2) is 36.5 Å². The first-order valence-electron chi connectivity index (χ1n) is 5.44. The Labute approximate surface area is 103 Å². The zero-order valence-electron chi connectivity index (χ0n) is 9.57. The zero-order chi connectivity index (χ0) is 13.0. The largest absolute Gasteiger partial charge is 0.487 e. The highest BCUT2D eigenvalue weighted by atomic mass is 19.1. The van der Waals surface area contributed by atoms with Crippen molar-refractivity contribution in [2.75, 3.05) is 12.3 Å². The van der Waals surface area contributed by atoms with E-state index in [-0.39, 0.29) is 12.3 Å². The summed E-state index contributed by atoms with van der Waals surface area (Å²) in [7, 11) is 0. The van der Waals surface area contributed by atoms with Crippen LogP contribution in [0.4, 0.5) is 14.5 Å². The Balaban J connectivity index is 1.99.